The van der Waals surface area contributed by atoms with Crippen molar-refractivity contribution in [2.24, 2.45) is 7.05 Å². The summed E-state index contributed by atoms with van der Waals surface area (Å²) in [5.41, 5.74) is 8.47. The Morgan fingerprint density at radius 2 is 1.04 bits per heavy atom. The number of fused-ring (bicyclic) bond motifs is 2. The number of hydrogen-bond acceptors (Lipinski definition) is 18. The molecule has 20 heteroatoms. The minimum absolute atomic E-state index is 0.690. The summed E-state index contributed by atoms with van der Waals surface area (Å²) in [6.45, 7) is 23.3. The van der Waals surface area contributed by atoms with E-state index in [9.17, 15) is 0 Å². The summed E-state index contributed by atoms with van der Waals surface area (Å²) in [6, 6.07) is 37.8. The first-order valence-electron chi connectivity index (χ1n) is 26.2. The van der Waals surface area contributed by atoms with E-state index in [0.29, 0.717) is 5.02 Å². The number of imidazole rings is 1. The lowest BCUT2D eigenvalue weighted by atomic mass is 10.2. The molecule has 11 heterocycles. The number of thiazole rings is 2. The predicted molar refractivity (Wildman–Crippen MR) is 342 cm³/mol. The average Bonchev–Trinajstić information content (AvgIpc) is 4.41. The van der Waals surface area contributed by atoms with Gasteiger partial charge in [0.05, 0.1) is 42.7 Å². The monoisotopic (exact) mass is 1180 g/mol. The van der Waals surface area contributed by atoms with Gasteiger partial charge in [0.15, 0.2) is 5.89 Å². The molecule has 13 aromatic rings. The van der Waals surface area contributed by atoms with Gasteiger partial charge in [-0.25, -0.2) is 39.9 Å². The lowest BCUT2D eigenvalue weighted by Gasteiger charge is -1.95. The van der Waals surface area contributed by atoms with Crippen LogP contribution in [0.25, 0.3) is 21.1 Å². The van der Waals surface area contributed by atoms with Gasteiger partial charge in [0.1, 0.15) is 36.4 Å². The van der Waals surface area contributed by atoms with Crippen molar-refractivity contribution in [1.82, 2.24) is 79.3 Å². The molecule has 2 aromatic carbocycles. The topological polar surface area (TPSA) is 211 Å². The third kappa shape index (κ3) is 33.5. The Kier molecular flexibility index (Phi) is 34.2. The molecule has 0 aliphatic heterocycles. The van der Waals surface area contributed by atoms with Gasteiger partial charge in [-0.2, -0.15) is 0 Å². The van der Waals surface area contributed by atoms with E-state index < -0.39 is 0 Å². The second-order valence-electron chi connectivity index (χ2n) is 17.4. The lowest BCUT2D eigenvalue weighted by Crippen LogP contribution is -1.86. The molecule has 84 heavy (non-hydrogen) atoms. The summed E-state index contributed by atoms with van der Waals surface area (Å²) in [6.07, 6.45) is 23.6. The number of benzene rings is 2. The van der Waals surface area contributed by atoms with E-state index in [0.717, 1.165) is 78.6 Å². The maximum atomic E-state index is 5.55. The predicted octanol–water partition coefficient (Wildman–Crippen LogP) is 15.2. The first kappa shape index (κ1) is 69.0. The van der Waals surface area contributed by atoms with E-state index in [4.69, 9.17) is 16.0 Å². The summed E-state index contributed by atoms with van der Waals surface area (Å²) in [7, 11) is 1.97. The standard InChI is InChI=1S/C10H9N.C8H7NS.C7H9N.C6H6ClN.C6H7N.C5H8N2.2C5H6N2.C4H5N3.C4H5NO.C4H5NS/c1-8-6-7-9-4-2-3-5-10(9)11-8;1-6-9-7-4-2-3-5-8(7)10-6;1-6-4-3-5-7(2)8-6;1-5-2-3-6(7)4-8-5;1-6-4-2-3-5-7-6;1-5-6-3-4-7(5)2;1-5-4-6-2-3-7-5;1-5-6-3-2-4-7-5;1-4-6-2-5-3-7-4;2*1-4-5-2-3-6-4/h2-7H,1H3;2-5H,1H3;3-5H,1-2H3;2-4H,1H3;2-5H,1H3;3-4H,1-2H3;2*2-4H,1H3;2-3H,1H3;2*2-3H,1H3. The van der Waals surface area contributed by atoms with Crippen LogP contribution in [0.2, 0.25) is 5.02 Å². The molecule has 0 saturated carbocycles. The van der Waals surface area contributed by atoms with E-state index in [-0.39, 0.29) is 0 Å². The van der Waals surface area contributed by atoms with Crippen LogP contribution in [0.3, 0.4) is 0 Å². The summed E-state index contributed by atoms with van der Waals surface area (Å²) < 4.78 is 7.97. The molecule has 0 fully saturated rings. The fraction of sp³-hybridized carbons (Fsp3) is 0.203. The average molecular weight is 1180 g/mol. The van der Waals surface area contributed by atoms with Crippen LogP contribution in [-0.4, -0.2) is 79.3 Å². The van der Waals surface area contributed by atoms with Crippen molar-refractivity contribution in [1.29, 1.82) is 0 Å². The molecule has 0 unspecified atom stereocenters. The highest BCUT2D eigenvalue weighted by molar-refractivity contribution is 7.18. The molecule has 0 spiro atoms. The van der Waals surface area contributed by atoms with Gasteiger partial charge in [-0.3, -0.25) is 34.9 Å². The maximum Gasteiger partial charge on any atom is 0.190 e. The fourth-order valence-electron chi connectivity index (χ4n) is 5.81. The summed E-state index contributed by atoms with van der Waals surface area (Å²) in [5, 5.41) is 6.14. The van der Waals surface area contributed by atoms with Gasteiger partial charge in [0, 0.05) is 115 Å². The molecule has 0 radical (unpaired) electrons. The Bertz CT molecular complexity index is 3400. The number of hydrogen-bond donors (Lipinski definition) is 0. The van der Waals surface area contributed by atoms with Crippen LogP contribution in [0.1, 0.15) is 67.5 Å². The zero-order valence-electron chi connectivity index (χ0n) is 49.9. The van der Waals surface area contributed by atoms with E-state index in [1.54, 1.807) is 104 Å². The molecular formula is C64H73ClN16OS2. The normalized spacial score (nSPS) is 9.31. The van der Waals surface area contributed by atoms with Crippen LogP contribution >= 0.6 is 34.3 Å². The summed E-state index contributed by atoms with van der Waals surface area (Å²) in [5.74, 6) is 3.35. The molecule has 0 atom stereocenters. The SMILES string of the molecule is Cc1ccc(Cl)cn1.Cc1ccc2ccccc2n1.Cc1cccc(C)n1.Cc1ccccn1.Cc1cnccn1.Cc1nc2ccccc2s1.Cc1ncccn1.Cc1nccn1C.Cc1ncco1.Cc1nccs1.Cc1ncncn1. The van der Waals surface area contributed by atoms with E-state index in [2.05, 4.69) is 93.0 Å². The minimum Gasteiger partial charge on any atom is -0.449 e. The van der Waals surface area contributed by atoms with Gasteiger partial charge in [0.25, 0.3) is 0 Å². The zero-order chi connectivity index (χ0) is 61.2. The Morgan fingerprint density at radius 3 is 1.43 bits per heavy atom. The van der Waals surface area contributed by atoms with Crippen molar-refractivity contribution in [2.75, 3.05) is 0 Å². The highest BCUT2D eigenvalue weighted by Gasteiger charge is 1.96. The van der Waals surface area contributed by atoms with E-state index in [1.165, 1.54) is 22.7 Å². The van der Waals surface area contributed by atoms with Crippen molar-refractivity contribution in [3.8, 4) is 0 Å². The number of para-hydroxylation sites is 2. The largest absolute Gasteiger partial charge is 0.449 e. The Balaban J connectivity index is 0.000000243. The number of halogens is 1. The molecular weight excluding hydrogens is 1110 g/mol. The van der Waals surface area contributed by atoms with Gasteiger partial charge in [-0.05, 0) is 143 Å². The highest BCUT2D eigenvalue weighted by atomic mass is 35.5. The third-order valence-electron chi connectivity index (χ3n) is 10.0. The molecule has 0 N–H and O–H groups in total. The van der Waals surface area contributed by atoms with Gasteiger partial charge in [-0.15, -0.1) is 22.7 Å². The highest BCUT2D eigenvalue weighted by Crippen LogP contribution is 2.20. The number of pyridine rings is 4. The first-order chi connectivity index (χ1) is 40.5. The second kappa shape index (κ2) is 41.7. The quantitative estimate of drug-likeness (QED) is 0.138. The molecule has 0 aliphatic rings. The van der Waals surface area contributed by atoms with Crippen molar-refractivity contribution in [3.05, 3.63) is 280 Å². The van der Waals surface area contributed by atoms with Crippen LogP contribution in [-0.2, 0) is 7.05 Å². The molecule has 11 aromatic heterocycles. The second-order valence-corrected chi connectivity index (χ2v) is 20.1. The van der Waals surface area contributed by atoms with Crippen LogP contribution in [0, 0.1) is 83.1 Å². The fourth-order valence-corrected chi connectivity index (χ4v) is 7.19. The zero-order valence-corrected chi connectivity index (χ0v) is 52.3. The van der Waals surface area contributed by atoms with Crippen LogP contribution in [0.5, 0.6) is 0 Å². The van der Waals surface area contributed by atoms with Gasteiger partial charge in [0.2, 0.25) is 0 Å². The van der Waals surface area contributed by atoms with Crippen molar-refractivity contribution >= 4 is 55.4 Å². The van der Waals surface area contributed by atoms with Crippen molar-refractivity contribution in [2.45, 2.75) is 83.1 Å². The van der Waals surface area contributed by atoms with E-state index in [1.807, 2.05) is 190 Å². The van der Waals surface area contributed by atoms with Crippen LogP contribution < -0.4 is 0 Å². The first-order valence-corrected chi connectivity index (χ1v) is 28.3. The molecule has 13 rings (SSSR count). The van der Waals surface area contributed by atoms with Crippen LogP contribution in [0.15, 0.2) is 212 Å². The Morgan fingerprint density at radius 1 is 0.417 bits per heavy atom. The number of oxazole rings is 1. The Labute approximate surface area is 506 Å². The number of nitrogens with zero attached hydrogens (tertiary/aromatic N) is 16. The number of aryl methyl sites for hydroxylation is 13. The third-order valence-corrected chi connectivity index (χ3v) is 11.9. The molecule has 0 bridgehead atoms. The smallest absolute Gasteiger partial charge is 0.190 e. The van der Waals surface area contributed by atoms with Gasteiger partial charge < -0.3 is 8.98 Å². The Hall–Kier alpha value is -9.30. The lowest BCUT2D eigenvalue weighted by molar-refractivity contribution is 0.521. The van der Waals surface area contributed by atoms with Gasteiger partial charge in [-0.1, -0.05) is 60.1 Å². The molecule has 0 aliphatic carbocycles. The summed E-state index contributed by atoms with van der Waals surface area (Å²) >= 11 is 8.96. The minimum atomic E-state index is 0.690. The summed E-state index contributed by atoms with van der Waals surface area (Å²) in [4.78, 5) is 59.1. The van der Waals surface area contributed by atoms with Crippen molar-refractivity contribution in [3.63, 3.8) is 0 Å². The van der Waals surface area contributed by atoms with Crippen molar-refractivity contribution < 1.29 is 4.42 Å². The van der Waals surface area contributed by atoms with Crippen LogP contribution in [0.4, 0.5) is 0 Å². The maximum absolute atomic E-state index is 5.55. The molecule has 0 amide bonds. The van der Waals surface area contributed by atoms with Gasteiger partial charge >= 0.3 is 0 Å². The molecule has 17 nitrogen and oxygen atoms in total. The molecule has 434 valence electrons. The molecule has 0 saturated heterocycles. The number of aromatic nitrogens is 16. The number of rotatable bonds is 0. The van der Waals surface area contributed by atoms with E-state index >= 15 is 0 Å².